The molecule has 1 aromatic rings. The van der Waals surface area contributed by atoms with Gasteiger partial charge in [0.1, 0.15) is 6.23 Å². The molecule has 0 spiro atoms. The van der Waals surface area contributed by atoms with Crippen LogP contribution < -0.4 is 0 Å². The Balaban J connectivity index is 2.93. The van der Waals surface area contributed by atoms with Gasteiger partial charge in [0.2, 0.25) is 0 Å². The smallest absolute Gasteiger partial charge is 0.255 e. The van der Waals surface area contributed by atoms with Crippen LogP contribution in [-0.4, -0.2) is 28.7 Å². The number of aliphatic hydroxyl groups is 1. The van der Waals surface area contributed by atoms with Crippen molar-refractivity contribution in [3.05, 3.63) is 35.4 Å². The average Bonchev–Trinajstić information content (AvgIpc) is 2.18. The van der Waals surface area contributed by atoms with Gasteiger partial charge in [-0.1, -0.05) is 17.7 Å². The third-order valence-electron chi connectivity index (χ3n) is 2.32. The zero-order valence-corrected chi connectivity index (χ0v) is 9.40. The van der Waals surface area contributed by atoms with Crippen LogP contribution in [0.25, 0.3) is 0 Å². The highest BCUT2D eigenvalue weighted by Gasteiger charge is 2.17. The monoisotopic (exact) mass is 207 g/mol. The largest absolute Gasteiger partial charge is 0.374 e. The first-order valence-corrected chi connectivity index (χ1v) is 5.12. The van der Waals surface area contributed by atoms with E-state index in [0.29, 0.717) is 12.1 Å². The second-order valence-electron chi connectivity index (χ2n) is 3.59. The molecule has 0 aliphatic rings. The normalized spacial score (nSPS) is 12.3. The van der Waals surface area contributed by atoms with Crippen LogP contribution in [-0.2, 0) is 0 Å². The molecule has 82 valence electrons. The van der Waals surface area contributed by atoms with Gasteiger partial charge in [-0.15, -0.1) is 0 Å². The van der Waals surface area contributed by atoms with E-state index in [9.17, 15) is 9.90 Å². The number of carbonyl (C=O) groups is 1. The molecule has 1 amide bonds. The maximum Gasteiger partial charge on any atom is 0.255 e. The molecule has 0 saturated carbocycles. The van der Waals surface area contributed by atoms with Crippen molar-refractivity contribution in [3.8, 4) is 0 Å². The highest BCUT2D eigenvalue weighted by Crippen LogP contribution is 2.09. The summed E-state index contributed by atoms with van der Waals surface area (Å²) in [4.78, 5) is 13.4. The summed E-state index contributed by atoms with van der Waals surface area (Å²) in [6.45, 7) is 5.89. The van der Waals surface area contributed by atoms with E-state index in [0.717, 1.165) is 5.56 Å². The van der Waals surface area contributed by atoms with Crippen molar-refractivity contribution >= 4 is 5.91 Å². The summed E-state index contributed by atoms with van der Waals surface area (Å²) in [6, 6.07) is 7.38. The molecule has 1 unspecified atom stereocenters. The Morgan fingerprint density at radius 2 is 2.20 bits per heavy atom. The molecule has 1 N–H and O–H groups in total. The molecule has 1 aromatic carbocycles. The fourth-order valence-corrected chi connectivity index (χ4v) is 1.52. The Labute approximate surface area is 90.3 Å². The number of rotatable bonds is 3. The van der Waals surface area contributed by atoms with Gasteiger partial charge < -0.3 is 10.0 Å². The number of hydrogen-bond acceptors (Lipinski definition) is 2. The number of hydrogen-bond donors (Lipinski definition) is 1. The van der Waals surface area contributed by atoms with Crippen molar-refractivity contribution in [3.63, 3.8) is 0 Å². The average molecular weight is 207 g/mol. The lowest BCUT2D eigenvalue weighted by Gasteiger charge is -2.24. The fourth-order valence-electron chi connectivity index (χ4n) is 1.52. The first-order chi connectivity index (χ1) is 7.06. The van der Waals surface area contributed by atoms with Crippen LogP contribution in [0.2, 0.25) is 0 Å². The number of aliphatic hydroxyl groups excluding tert-OH is 1. The van der Waals surface area contributed by atoms with Crippen LogP contribution in [0, 0.1) is 6.92 Å². The molecule has 0 fully saturated rings. The molecule has 3 heteroatoms. The molecule has 15 heavy (non-hydrogen) atoms. The summed E-state index contributed by atoms with van der Waals surface area (Å²) in [5.74, 6) is -0.129. The Morgan fingerprint density at radius 1 is 1.53 bits per heavy atom. The van der Waals surface area contributed by atoms with Crippen LogP contribution in [0.3, 0.4) is 0 Å². The molecule has 1 atom stereocenters. The lowest BCUT2D eigenvalue weighted by Crippen LogP contribution is -2.38. The minimum Gasteiger partial charge on any atom is -0.374 e. The zero-order chi connectivity index (χ0) is 11.4. The van der Waals surface area contributed by atoms with E-state index < -0.39 is 6.23 Å². The number of carbonyl (C=O) groups excluding carboxylic acids is 1. The van der Waals surface area contributed by atoms with E-state index in [4.69, 9.17) is 0 Å². The van der Waals surface area contributed by atoms with Crippen molar-refractivity contribution in [2.45, 2.75) is 27.0 Å². The summed E-state index contributed by atoms with van der Waals surface area (Å²) in [5, 5.41) is 9.42. The summed E-state index contributed by atoms with van der Waals surface area (Å²) in [6.07, 6.45) is -0.747. The van der Waals surface area contributed by atoms with E-state index in [2.05, 4.69) is 0 Å². The minimum absolute atomic E-state index is 0.129. The molecular formula is C12H17NO2. The predicted molar refractivity (Wildman–Crippen MR) is 59.6 cm³/mol. The zero-order valence-electron chi connectivity index (χ0n) is 9.40. The van der Waals surface area contributed by atoms with Gasteiger partial charge in [-0.3, -0.25) is 4.79 Å². The van der Waals surface area contributed by atoms with Crippen LogP contribution in [0.1, 0.15) is 29.8 Å². The number of benzene rings is 1. The van der Waals surface area contributed by atoms with E-state index in [1.165, 1.54) is 4.90 Å². The second-order valence-corrected chi connectivity index (χ2v) is 3.59. The van der Waals surface area contributed by atoms with E-state index in [1.54, 1.807) is 13.0 Å². The molecule has 0 radical (unpaired) electrons. The van der Waals surface area contributed by atoms with Gasteiger partial charge in [-0.2, -0.15) is 0 Å². The van der Waals surface area contributed by atoms with Gasteiger partial charge in [-0.05, 0) is 32.9 Å². The molecule has 3 nitrogen and oxygen atoms in total. The third-order valence-corrected chi connectivity index (χ3v) is 2.32. The van der Waals surface area contributed by atoms with Crippen molar-refractivity contribution in [1.29, 1.82) is 0 Å². The Hall–Kier alpha value is -1.35. The van der Waals surface area contributed by atoms with Gasteiger partial charge in [-0.25, -0.2) is 0 Å². The molecule has 0 aliphatic heterocycles. The first-order valence-electron chi connectivity index (χ1n) is 5.12. The molecule has 0 saturated heterocycles. The van der Waals surface area contributed by atoms with Crippen molar-refractivity contribution in [2.24, 2.45) is 0 Å². The molecule has 0 aromatic heterocycles. The van der Waals surface area contributed by atoms with Gasteiger partial charge in [0.05, 0.1) is 0 Å². The molecule has 0 aliphatic carbocycles. The van der Waals surface area contributed by atoms with E-state index in [1.807, 2.05) is 32.0 Å². The third kappa shape index (κ3) is 2.80. The van der Waals surface area contributed by atoms with E-state index >= 15 is 0 Å². The van der Waals surface area contributed by atoms with Crippen molar-refractivity contribution < 1.29 is 9.90 Å². The first kappa shape index (κ1) is 11.7. The molecule has 0 bridgehead atoms. The maximum absolute atomic E-state index is 11.9. The van der Waals surface area contributed by atoms with Crippen LogP contribution in [0.4, 0.5) is 0 Å². The lowest BCUT2D eigenvalue weighted by atomic mass is 10.1. The van der Waals surface area contributed by atoms with Gasteiger partial charge in [0.15, 0.2) is 0 Å². The van der Waals surface area contributed by atoms with Gasteiger partial charge >= 0.3 is 0 Å². The molecule has 0 heterocycles. The van der Waals surface area contributed by atoms with Crippen molar-refractivity contribution in [1.82, 2.24) is 4.90 Å². The molecular weight excluding hydrogens is 190 g/mol. The number of amides is 1. The van der Waals surface area contributed by atoms with E-state index in [-0.39, 0.29) is 5.91 Å². The van der Waals surface area contributed by atoms with Crippen LogP contribution in [0.15, 0.2) is 24.3 Å². The summed E-state index contributed by atoms with van der Waals surface area (Å²) >= 11 is 0. The summed E-state index contributed by atoms with van der Waals surface area (Å²) in [5.41, 5.74) is 1.67. The number of aryl methyl sites for hydroxylation is 1. The Kier molecular flexibility index (Phi) is 3.86. The Bertz CT molecular complexity index is 347. The quantitative estimate of drug-likeness (QED) is 0.768. The standard InChI is InChI=1S/C12H17NO2/c1-4-13(10(3)14)12(15)11-7-5-6-9(2)8-11/h5-8,10,14H,4H2,1-3H3. The maximum atomic E-state index is 11.9. The summed E-state index contributed by atoms with van der Waals surface area (Å²) < 4.78 is 0. The summed E-state index contributed by atoms with van der Waals surface area (Å²) in [7, 11) is 0. The lowest BCUT2D eigenvalue weighted by molar-refractivity contribution is 0.0200. The predicted octanol–water partition coefficient (Wildman–Crippen LogP) is 1.80. The second kappa shape index (κ2) is 4.94. The van der Waals surface area contributed by atoms with Crippen LogP contribution in [0.5, 0.6) is 0 Å². The fraction of sp³-hybridized carbons (Fsp3) is 0.417. The Morgan fingerprint density at radius 3 is 2.67 bits per heavy atom. The van der Waals surface area contributed by atoms with Gasteiger partial charge in [0.25, 0.3) is 5.91 Å². The number of nitrogens with zero attached hydrogens (tertiary/aromatic N) is 1. The highest BCUT2D eigenvalue weighted by molar-refractivity contribution is 5.94. The van der Waals surface area contributed by atoms with Crippen molar-refractivity contribution in [2.75, 3.05) is 6.54 Å². The van der Waals surface area contributed by atoms with Gasteiger partial charge in [0, 0.05) is 12.1 Å². The topological polar surface area (TPSA) is 40.5 Å². The minimum atomic E-state index is -0.747. The van der Waals surface area contributed by atoms with Crippen LogP contribution >= 0.6 is 0 Å². The SMILES string of the molecule is CCN(C(=O)c1cccc(C)c1)C(C)O. The molecule has 1 rings (SSSR count). The highest BCUT2D eigenvalue weighted by atomic mass is 16.3.